The molecule has 1 unspecified atom stereocenters. The molecule has 0 bridgehead atoms. The third-order valence-corrected chi connectivity index (χ3v) is 4.21. The van der Waals surface area contributed by atoms with Crippen molar-refractivity contribution in [3.63, 3.8) is 0 Å². The Labute approximate surface area is 141 Å². The topological polar surface area (TPSA) is 90.6 Å². The van der Waals surface area contributed by atoms with Gasteiger partial charge in [0.1, 0.15) is 0 Å². The number of hydrogen-bond acceptors (Lipinski definition) is 6. The molecule has 1 aliphatic rings. The molecule has 1 aliphatic heterocycles. The Kier molecular flexibility index (Phi) is 4.01. The summed E-state index contributed by atoms with van der Waals surface area (Å²) < 4.78 is 6.87. The Morgan fingerprint density at radius 2 is 2.33 bits per heavy atom. The van der Waals surface area contributed by atoms with Crippen LogP contribution in [0, 0.1) is 0 Å². The van der Waals surface area contributed by atoms with Gasteiger partial charge >= 0.3 is 0 Å². The lowest BCUT2D eigenvalue weighted by Gasteiger charge is -2.22. The Bertz CT molecular complexity index is 907. The van der Waals surface area contributed by atoms with Crippen LogP contribution in [0.15, 0.2) is 24.3 Å². The molecule has 1 fully saturated rings. The highest BCUT2D eigenvalue weighted by Gasteiger charge is 2.20. The average molecular weight is 348 g/mol. The molecule has 1 aromatic carbocycles. The van der Waals surface area contributed by atoms with Gasteiger partial charge in [0.05, 0.1) is 16.1 Å². The Balaban J connectivity index is 1.67. The zero-order chi connectivity index (χ0) is 16.5. The molecule has 124 valence electrons. The normalized spacial score (nSPS) is 18.1. The number of para-hydroxylation sites is 1. The number of tetrazole rings is 1. The molecule has 1 N–H and O–H groups in total. The Hall–Kier alpha value is -2.29. The van der Waals surface area contributed by atoms with Crippen LogP contribution in [0.1, 0.15) is 29.6 Å². The van der Waals surface area contributed by atoms with Crippen LogP contribution in [0.3, 0.4) is 0 Å². The van der Waals surface area contributed by atoms with Crippen molar-refractivity contribution < 1.29 is 14.4 Å². The molecule has 0 saturated carbocycles. The first-order chi connectivity index (χ1) is 11.7. The van der Waals surface area contributed by atoms with E-state index in [-0.39, 0.29) is 0 Å². The zero-order valence-corrected chi connectivity index (χ0v) is 13.4. The fourth-order valence-corrected chi connectivity index (χ4v) is 3.01. The number of carbonyl (C=O) groups excluding carboxylic acids is 1. The van der Waals surface area contributed by atoms with Gasteiger partial charge in [-0.05, 0) is 35.4 Å². The van der Waals surface area contributed by atoms with Crippen LogP contribution in [-0.2, 0) is 9.57 Å². The van der Waals surface area contributed by atoms with Gasteiger partial charge < -0.3 is 4.74 Å². The summed E-state index contributed by atoms with van der Waals surface area (Å²) in [6.07, 6.45) is 2.33. The number of amides is 1. The van der Waals surface area contributed by atoms with Gasteiger partial charge in [-0.3, -0.25) is 4.79 Å². The lowest BCUT2D eigenvalue weighted by molar-refractivity contribution is -0.186. The number of ether oxygens (including phenoxy) is 1. The largest absolute Gasteiger partial charge is 0.350 e. The predicted molar refractivity (Wildman–Crippen MR) is 85.4 cm³/mol. The van der Waals surface area contributed by atoms with Crippen LogP contribution in [-0.4, -0.2) is 38.8 Å². The van der Waals surface area contributed by atoms with E-state index in [4.69, 9.17) is 21.2 Å². The summed E-state index contributed by atoms with van der Waals surface area (Å²) in [6.45, 7) is 0.632. The third kappa shape index (κ3) is 2.68. The molecule has 1 saturated heterocycles. The summed E-state index contributed by atoms with van der Waals surface area (Å²) in [5, 5.41) is 12.7. The summed E-state index contributed by atoms with van der Waals surface area (Å²) in [7, 11) is 0. The number of halogens is 1. The van der Waals surface area contributed by atoms with Crippen molar-refractivity contribution in [1.29, 1.82) is 0 Å². The molecule has 0 radical (unpaired) electrons. The standard InChI is InChI=1S/C15H14ClN5O3/c16-11-5-3-4-9-8-10(14-17-19-20-21(14)13(9)11)15(22)18-24-12-6-1-2-7-23-12/h3-5,8,12H,1-2,6-7H2,(H,18,22). The second kappa shape index (κ2) is 6.31. The smallest absolute Gasteiger partial charge is 0.278 e. The Morgan fingerprint density at radius 3 is 3.17 bits per heavy atom. The van der Waals surface area contributed by atoms with Gasteiger partial charge in [0.2, 0.25) is 0 Å². The molecular formula is C15H14ClN5O3. The van der Waals surface area contributed by atoms with E-state index in [1.807, 2.05) is 6.07 Å². The number of rotatable bonds is 3. The molecule has 1 atom stereocenters. The van der Waals surface area contributed by atoms with E-state index in [9.17, 15) is 4.79 Å². The van der Waals surface area contributed by atoms with Gasteiger partial charge in [-0.25, -0.2) is 10.3 Å². The molecule has 0 spiro atoms. The fraction of sp³-hybridized carbons (Fsp3) is 0.333. The van der Waals surface area contributed by atoms with Gasteiger partial charge in [0, 0.05) is 18.4 Å². The number of hydrogen-bond donors (Lipinski definition) is 1. The first-order valence-corrected chi connectivity index (χ1v) is 7.99. The molecule has 8 nitrogen and oxygen atoms in total. The van der Waals surface area contributed by atoms with Crippen molar-refractivity contribution in [2.45, 2.75) is 25.6 Å². The summed E-state index contributed by atoms with van der Waals surface area (Å²) in [5.41, 5.74) is 3.67. The summed E-state index contributed by atoms with van der Waals surface area (Å²) in [5.74, 6) is -0.439. The van der Waals surface area contributed by atoms with Crippen molar-refractivity contribution in [2.24, 2.45) is 0 Å². The van der Waals surface area contributed by atoms with E-state index < -0.39 is 12.2 Å². The van der Waals surface area contributed by atoms with Crippen LogP contribution >= 0.6 is 11.6 Å². The van der Waals surface area contributed by atoms with E-state index in [2.05, 4.69) is 21.0 Å². The maximum atomic E-state index is 12.5. The first-order valence-electron chi connectivity index (χ1n) is 7.61. The number of benzene rings is 1. The second-order valence-corrected chi connectivity index (χ2v) is 5.90. The van der Waals surface area contributed by atoms with Crippen LogP contribution < -0.4 is 5.48 Å². The molecule has 3 aromatic rings. The van der Waals surface area contributed by atoms with Crippen molar-refractivity contribution >= 4 is 34.1 Å². The number of carbonyl (C=O) groups is 1. The van der Waals surface area contributed by atoms with Crippen molar-refractivity contribution in [2.75, 3.05) is 6.61 Å². The second-order valence-electron chi connectivity index (χ2n) is 5.50. The van der Waals surface area contributed by atoms with E-state index >= 15 is 0 Å². The van der Waals surface area contributed by atoms with Crippen LogP contribution in [0.2, 0.25) is 5.02 Å². The molecule has 1 amide bonds. The predicted octanol–water partition coefficient (Wildman–Crippen LogP) is 2.12. The molecule has 4 rings (SSSR count). The molecule has 3 heterocycles. The molecule has 24 heavy (non-hydrogen) atoms. The number of fused-ring (bicyclic) bond motifs is 3. The number of nitrogens with zero attached hydrogens (tertiary/aromatic N) is 4. The zero-order valence-electron chi connectivity index (χ0n) is 12.6. The lowest BCUT2D eigenvalue weighted by Crippen LogP contribution is -2.33. The number of hydroxylamine groups is 1. The van der Waals surface area contributed by atoms with Crippen molar-refractivity contribution in [3.8, 4) is 0 Å². The van der Waals surface area contributed by atoms with E-state index in [0.29, 0.717) is 28.4 Å². The maximum absolute atomic E-state index is 12.5. The van der Waals surface area contributed by atoms with Gasteiger partial charge in [0.25, 0.3) is 5.91 Å². The number of pyridine rings is 1. The van der Waals surface area contributed by atoms with E-state index in [1.165, 1.54) is 4.52 Å². The highest BCUT2D eigenvalue weighted by molar-refractivity contribution is 6.35. The molecule has 0 aliphatic carbocycles. The lowest BCUT2D eigenvalue weighted by atomic mass is 10.1. The van der Waals surface area contributed by atoms with Gasteiger partial charge in [-0.2, -0.15) is 4.52 Å². The minimum absolute atomic E-state index is 0.297. The highest BCUT2D eigenvalue weighted by atomic mass is 35.5. The van der Waals surface area contributed by atoms with Crippen molar-refractivity contribution in [1.82, 2.24) is 25.5 Å². The third-order valence-electron chi connectivity index (χ3n) is 3.91. The summed E-state index contributed by atoms with van der Waals surface area (Å²) in [6, 6.07) is 7.07. The highest BCUT2D eigenvalue weighted by Crippen LogP contribution is 2.25. The maximum Gasteiger partial charge on any atom is 0.278 e. The van der Waals surface area contributed by atoms with Crippen LogP contribution in [0.5, 0.6) is 0 Å². The van der Waals surface area contributed by atoms with E-state index in [1.54, 1.807) is 18.2 Å². The van der Waals surface area contributed by atoms with Gasteiger partial charge in [-0.15, -0.1) is 5.10 Å². The van der Waals surface area contributed by atoms with Crippen LogP contribution in [0.25, 0.3) is 16.6 Å². The number of nitrogens with one attached hydrogen (secondary N) is 1. The quantitative estimate of drug-likeness (QED) is 0.730. The first kappa shape index (κ1) is 15.3. The van der Waals surface area contributed by atoms with Gasteiger partial charge in [-0.1, -0.05) is 23.7 Å². The Morgan fingerprint density at radius 1 is 1.42 bits per heavy atom. The average Bonchev–Trinajstić information content (AvgIpc) is 3.09. The SMILES string of the molecule is O=C(NOC1CCCCO1)c1cc2cccc(Cl)c2n2nnnc12. The molecular weight excluding hydrogens is 334 g/mol. The molecule has 2 aromatic heterocycles. The van der Waals surface area contributed by atoms with Gasteiger partial charge in [0.15, 0.2) is 11.9 Å². The van der Waals surface area contributed by atoms with E-state index in [0.717, 1.165) is 24.6 Å². The van der Waals surface area contributed by atoms with Crippen LogP contribution in [0.4, 0.5) is 0 Å². The minimum Gasteiger partial charge on any atom is -0.350 e. The fourth-order valence-electron chi connectivity index (χ4n) is 2.74. The van der Waals surface area contributed by atoms with Crippen molar-refractivity contribution in [3.05, 3.63) is 34.9 Å². The molecule has 9 heteroatoms. The number of aromatic nitrogens is 4. The monoisotopic (exact) mass is 347 g/mol. The summed E-state index contributed by atoms with van der Waals surface area (Å²) in [4.78, 5) is 17.8. The summed E-state index contributed by atoms with van der Waals surface area (Å²) >= 11 is 6.23. The minimum atomic E-state index is -0.439.